The van der Waals surface area contributed by atoms with Gasteiger partial charge in [0.05, 0.1) is 0 Å². The van der Waals surface area contributed by atoms with Crippen molar-refractivity contribution in [2.75, 3.05) is 0 Å². The number of rotatable bonds is 1. The van der Waals surface area contributed by atoms with E-state index in [1.54, 1.807) is 6.92 Å². The lowest BCUT2D eigenvalue weighted by Gasteiger charge is -2.03. The van der Waals surface area contributed by atoms with Crippen molar-refractivity contribution >= 4 is 11.6 Å². The second-order valence-electron chi connectivity index (χ2n) is 2.51. The molecule has 0 saturated heterocycles. The molecule has 62 valence electrons. The van der Waals surface area contributed by atoms with Gasteiger partial charge >= 0.3 is 0 Å². The highest BCUT2D eigenvalue weighted by atomic mass is 35.5. The number of nitrogens with zero attached hydrogens (tertiary/aromatic N) is 2. The Balaban J connectivity index is 3.21. The summed E-state index contributed by atoms with van der Waals surface area (Å²) in [7, 11) is 0. The van der Waals surface area contributed by atoms with Crippen LogP contribution in [0.25, 0.3) is 0 Å². The largest absolute Gasteiger partial charge is 0.238 e. The molecule has 0 atom stereocenters. The van der Waals surface area contributed by atoms with Gasteiger partial charge in [-0.1, -0.05) is 11.6 Å². The molecule has 0 aliphatic carbocycles. The lowest BCUT2D eigenvalue weighted by Crippen LogP contribution is -1.98. The number of terminal acetylenes is 1. The second-order valence-corrected chi connectivity index (χ2v) is 2.86. The van der Waals surface area contributed by atoms with Crippen molar-refractivity contribution in [1.29, 1.82) is 0 Å². The minimum absolute atomic E-state index is 0.470. The van der Waals surface area contributed by atoms with E-state index < -0.39 is 0 Å². The van der Waals surface area contributed by atoms with Gasteiger partial charge in [0.15, 0.2) is 0 Å². The summed E-state index contributed by atoms with van der Waals surface area (Å²) in [5.74, 6) is 3.20. The minimum atomic E-state index is 0.470. The molecule has 3 heteroatoms. The van der Waals surface area contributed by atoms with E-state index >= 15 is 0 Å². The molecule has 0 spiro atoms. The molecule has 0 aliphatic rings. The fraction of sp³-hybridized carbons (Fsp3) is 0.333. The number of halogens is 1. The monoisotopic (exact) mass is 180 g/mol. The topological polar surface area (TPSA) is 25.8 Å². The standard InChI is InChI=1S/C9H9ClN2/c1-4-5-8-6(2)11-7(3)12-9(8)10/h1H,5H2,2-3H3. The average Bonchev–Trinajstić information content (AvgIpc) is 1.96. The van der Waals surface area contributed by atoms with Crippen LogP contribution in [-0.4, -0.2) is 9.97 Å². The van der Waals surface area contributed by atoms with Crippen LogP contribution in [0.3, 0.4) is 0 Å². The molecule has 0 radical (unpaired) electrons. The van der Waals surface area contributed by atoms with Crippen molar-refractivity contribution in [2.24, 2.45) is 0 Å². The van der Waals surface area contributed by atoms with Gasteiger partial charge in [-0.25, -0.2) is 9.97 Å². The fourth-order valence-electron chi connectivity index (χ4n) is 0.997. The van der Waals surface area contributed by atoms with Gasteiger partial charge < -0.3 is 0 Å². The van der Waals surface area contributed by atoms with E-state index in [-0.39, 0.29) is 0 Å². The third kappa shape index (κ3) is 1.75. The van der Waals surface area contributed by atoms with Crippen LogP contribution < -0.4 is 0 Å². The van der Waals surface area contributed by atoms with Gasteiger partial charge in [0.1, 0.15) is 11.0 Å². The Kier molecular flexibility index (Phi) is 2.67. The van der Waals surface area contributed by atoms with E-state index in [2.05, 4.69) is 15.9 Å². The molecule has 0 fully saturated rings. The van der Waals surface area contributed by atoms with Crippen molar-refractivity contribution in [2.45, 2.75) is 20.3 Å². The molecule has 0 bridgehead atoms. The molecule has 12 heavy (non-hydrogen) atoms. The molecular weight excluding hydrogens is 172 g/mol. The van der Waals surface area contributed by atoms with E-state index in [4.69, 9.17) is 18.0 Å². The van der Waals surface area contributed by atoms with Crippen LogP contribution in [-0.2, 0) is 6.42 Å². The van der Waals surface area contributed by atoms with Gasteiger partial charge in [0.2, 0.25) is 0 Å². The van der Waals surface area contributed by atoms with Gasteiger partial charge in [-0.2, -0.15) is 0 Å². The maximum absolute atomic E-state index is 5.87. The molecule has 0 saturated carbocycles. The smallest absolute Gasteiger partial charge is 0.137 e. The summed E-state index contributed by atoms with van der Waals surface area (Å²) < 4.78 is 0. The normalized spacial score (nSPS) is 9.50. The first-order valence-corrected chi connectivity index (χ1v) is 3.96. The van der Waals surface area contributed by atoms with Crippen molar-refractivity contribution in [3.8, 4) is 12.3 Å². The first-order valence-electron chi connectivity index (χ1n) is 3.58. The summed E-state index contributed by atoms with van der Waals surface area (Å²) in [6.45, 7) is 3.69. The van der Waals surface area contributed by atoms with Crippen LogP contribution in [0.2, 0.25) is 5.15 Å². The Morgan fingerprint density at radius 2 is 2.08 bits per heavy atom. The van der Waals surface area contributed by atoms with E-state index in [0.29, 0.717) is 17.4 Å². The lowest BCUT2D eigenvalue weighted by molar-refractivity contribution is 0.973. The quantitative estimate of drug-likeness (QED) is 0.488. The highest BCUT2D eigenvalue weighted by molar-refractivity contribution is 6.30. The van der Waals surface area contributed by atoms with E-state index in [9.17, 15) is 0 Å². The number of aryl methyl sites for hydroxylation is 2. The van der Waals surface area contributed by atoms with Crippen molar-refractivity contribution < 1.29 is 0 Å². The predicted octanol–water partition coefficient (Wildman–Crippen LogP) is 1.92. The van der Waals surface area contributed by atoms with Crippen molar-refractivity contribution in [3.05, 3.63) is 22.2 Å². The Morgan fingerprint density at radius 1 is 1.42 bits per heavy atom. The van der Waals surface area contributed by atoms with E-state index in [1.165, 1.54) is 0 Å². The molecule has 0 aromatic carbocycles. The highest BCUT2D eigenvalue weighted by Gasteiger charge is 2.05. The lowest BCUT2D eigenvalue weighted by atomic mass is 10.2. The second kappa shape index (κ2) is 3.55. The molecule has 0 amide bonds. The van der Waals surface area contributed by atoms with Gasteiger partial charge in [0.25, 0.3) is 0 Å². The SMILES string of the molecule is C#CCc1c(C)nc(C)nc1Cl. The average molecular weight is 181 g/mol. The molecular formula is C9H9ClN2. The first-order chi connectivity index (χ1) is 5.65. The van der Waals surface area contributed by atoms with E-state index in [1.807, 2.05) is 6.92 Å². The Hall–Kier alpha value is -1.07. The van der Waals surface area contributed by atoms with E-state index in [0.717, 1.165) is 11.3 Å². The molecule has 0 unspecified atom stereocenters. The maximum Gasteiger partial charge on any atom is 0.137 e. The number of aromatic nitrogens is 2. The zero-order valence-electron chi connectivity index (χ0n) is 7.06. The molecule has 0 aliphatic heterocycles. The molecule has 0 N–H and O–H groups in total. The van der Waals surface area contributed by atoms with Crippen LogP contribution in [0.5, 0.6) is 0 Å². The van der Waals surface area contributed by atoms with Crippen LogP contribution in [0.15, 0.2) is 0 Å². The third-order valence-corrected chi connectivity index (χ3v) is 1.87. The van der Waals surface area contributed by atoms with Gasteiger partial charge in [-0.3, -0.25) is 0 Å². The first kappa shape index (κ1) is 9.02. The summed E-state index contributed by atoms with van der Waals surface area (Å²) in [5, 5.41) is 0.470. The van der Waals surface area contributed by atoms with Crippen LogP contribution in [0.4, 0.5) is 0 Å². The Morgan fingerprint density at radius 3 is 2.58 bits per heavy atom. The number of hydrogen-bond acceptors (Lipinski definition) is 2. The van der Waals surface area contributed by atoms with Crippen LogP contribution >= 0.6 is 11.6 Å². The van der Waals surface area contributed by atoms with Crippen molar-refractivity contribution in [3.63, 3.8) is 0 Å². The molecule has 1 heterocycles. The molecule has 1 rings (SSSR count). The summed E-state index contributed by atoms with van der Waals surface area (Å²) >= 11 is 5.87. The van der Waals surface area contributed by atoms with Gasteiger partial charge in [0, 0.05) is 17.7 Å². The summed E-state index contributed by atoms with van der Waals surface area (Å²) in [5.41, 5.74) is 1.72. The highest BCUT2D eigenvalue weighted by Crippen LogP contribution is 2.16. The van der Waals surface area contributed by atoms with Gasteiger partial charge in [-0.05, 0) is 13.8 Å². The van der Waals surface area contributed by atoms with Crippen LogP contribution in [0, 0.1) is 26.2 Å². The number of hydrogen-bond donors (Lipinski definition) is 0. The van der Waals surface area contributed by atoms with Gasteiger partial charge in [-0.15, -0.1) is 12.3 Å². The zero-order valence-corrected chi connectivity index (χ0v) is 7.81. The molecule has 1 aromatic heterocycles. The maximum atomic E-state index is 5.87. The van der Waals surface area contributed by atoms with Crippen molar-refractivity contribution in [1.82, 2.24) is 9.97 Å². The Labute approximate surface area is 77.0 Å². The Bertz CT molecular complexity index is 316. The zero-order chi connectivity index (χ0) is 9.14. The predicted molar refractivity (Wildman–Crippen MR) is 49.1 cm³/mol. The summed E-state index contributed by atoms with van der Waals surface area (Å²) in [6, 6.07) is 0. The van der Waals surface area contributed by atoms with Crippen LogP contribution in [0.1, 0.15) is 17.1 Å². The summed E-state index contributed by atoms with van der Waals surface area (Å²) in [6.07, 6.45) is 5.66. The molecule has 2 nitrogen and oxygen atoms in total. The summed E-state index contributed by atoms with van der Waals surface area (Å²) in [4.78, 5) is 8.17. The third-order valence-electron chi connectivity index (χ3n) is 1.55. The fourth-order valence-corrected chi connectivity index (χ4v) is 1.32. The molecule has 1 aromatic rings. The minimum Gasteiger partial charge on any atom is -0.238 e.